The molecule has 29 heavy (non-hydrogen) atoms. The molecule has 0 spiro atoms. The van der Waals surface area contributed by atoms with Gasteiger partial charge in [0.15, 0.2) is 0 Å². The fourth-order valence-corrected chi connectivity index (χ4v) is 3.87. The van der Waals surface area contributed by atoms with Gasteiger partial charge >= 0.3 is 0 Å². The monoisotopic (exact) mass is 397 g/mol. The Morgan fingerprint density at radius 3 is 2.45 bits per heavy atom. The molecule has 0 unspecified atom stereocenters. The van der Waals surface area contributed by atoms with Crippen LogP contribution >= 0.6 is 0 Å². The molecule has 0 radical (unpaired) electrons. The summed E-state index contributed by atoms with van der Waals surface area (Å²) < 4.78 is 10.9. The smallest absolute Gasteiger partial charge is 0.127 e. The molecular weight excluding hydrogens is 370 g/mol. The maximum Gasteiger partial charge on any atom is 0.127 e. The summed E-state index contributed by atoms with van der Waals surface area (Å²) in [6, 6.07) is 14.0. The number of fused-ring (bicyclic) bond motifs is 1. The zero-order chi connectivity index (χ0) is 20.6. The average molecular weight is 397 g/mol. The number of nitrogens with two attached hydrogens (primary N) is 1. The molecule has 1 atom stereocenters. The maximum atomic E-state index is 11.4. The standard InChI is InChI=1S/C21H27N5O3/c1-28-20-8-7-17(21(11-20)29-2)13-26(14-18(24-27)12-23-25-22)19-9-15-5-3-4-6-16(15)10-19/h3-8,11,18-19H,9-10,12-14H2,1-2H3,(H2,22,23)/t18-/m1/s1. The van der Waals surface area contributed by atoms with E-state index in [0.29, 0.717) is 13.1 Å². The van der Waals surface area contributed by atoms with Crippen LogP contribution in [0.1, 0.15) is 16.7 Å². The summed E-state index contributed by atoms with van der Waals surface area (Å²) in [5.41, 5.74) is 3.72. The van der Waals surface area contributed by atoms with Crippen molar-refractivity contribution < 1.29 is 9.47 Å². The van der Waals surface area contributed by atoms with Crippen LogP contribution in [0.15, 0.2) is 58.0 Å². The van der Waals surface area contributed by atoms with E-state index in [1.165, 1.54) is 11.1 Å². The Bertz CT molecular complexity index is 833. The molecule has 2 aromatic rings. The van der Waals surface area contributed by atoms with Crippen LogP contribution in [0, 0.1) is 4.91 Å². The molecule has 0 aliphatic heterocycles. The van der Waals surface area contributed by atoms with Crippen LogP contribution in [-0.2, 0) is 19.4 Å². The number of benzene rings is 2. The van der Waals surface area contributed by atoms with Crippen LogP contribution in [0.25, 0.3) is 0 Å². The van der Waals surface area contributed by atoms with E-state index < -0.39 is 6.04 Å². The van der Waals surface area contributed by atoms with Crippen LogP contribution in [0.5, 0.6) is 11.5 Å². The lowest BCUT2D eigenvalue weighted by molar-refractivity contribution is 0.179. The molecule has 8 nitrogen and oxygen atoms in total. The lowest BCUT2D eigenvalue weighted by atomic mass is 10.1. The number of rotatable bonds is 10. The Kier molecular flexibility index (Phi) is 7.13. The first-order chi connectivity index (χ1) is 14.2. The van der Waals surface area contributed by atoms with Crippen molar-refractivity contribution in [3.8, 4) is 11.5 Å². The molecule has 0 bridgehead atoms. The second-order valence-electron chi connectivity index (χ2n) is 7.14. The van der Waals surface area contributed by atoms with E-state index in [1.807, 2.05) is 18.2 Å². The molecule has 0 aromatic heterocycles. The van der Waals surface area contributed by atoms with E-state index in [0.717, 1.165) is 29.9 Å². The number of hydrogen-bond donors (Lipinski definition) is 1. The van der Waals surface area contributed by atoms with E-state index in [2.05, 4.69) is 44.7 Å². The van der Waals surface area contributed by atoms with Crippen LogP contribution in [0.3, 0.4) is 0 Å². The van der Waals surface area contributed by atoms with Gasteiger partial charge in [-0.25, -0.2) is 0 Å². The zero-order valence-electron chi connectivity index (χ0n) is 16.8. The third kappa shape index (κ3) is 5.08. The van der Waals surface area contributed by atoms with E-state index in [4.69, 9.17) is 15.3 Å². The molecule has 1 aliphatic rings. The molecule has 3 rings (SSSR count). The summed E-state index contributed by atoms with van der Waals surface area (Å²) in [6.45, 7) is 1.27. The normalized spacial score (nSPS) is 14.9. The number of methoxy groups -OCH3 is 2. The van der Waals surface area contributed by atoms with Gasteiger partial charge in [-0.2, -0.15) is 10.0 Å². The number of nitroso groups, excluding NO2 is 1. The van der Waals surface area contributed by atoms with E-state index in [1.54, 1.807) is 14.2 Å². The van der Waals surface area contributed by atoms with Gasteiger partial charge < -0.3 is 15.3 Å². The van der Waals surface area contributed by atoms with Crippen molar-refractivity contribution in [1.29, 1.82) is 0 Å². The lowest BCUT2D eigenvalue weighted by Gasteiger charge is -2.30. The van der Waals surface area contributed by atoms with Gasteiger partial charge in [0.2, 0.25) is 0 Å². The highest BCUT2D eigenvalue weighted by atomic mass is 16.5. The first-order valence-corrected chi connectivity index (χ1v) is 9.59. The molecule has 0 fully saturated rings. The minimum absolute atomic E-state index is 0.177. The van der Waals surface area contributed by atoms with E-state index in [-0.39, 0.29) is 12.6 Å². The van der Waals surface area contributed by atoms with Crippen LogP contribution in [-0.4, -0.2) is 44.3 Å². The molecule has 8 heteroatoms. The highest BCUT2D eigenvalue weighted by Crippen LogP contribution is 2.30. The number of ether oxygens (including phenoxy) is 2. The maximum absolute atomic E-state index is 11.4. The number of nitrogens with zero attached hydrogens (tertiary/aromatic N) is 4. The summed E-state index contributed by atoms with van der Waals surface area (Å²) >= 11 is 0. The van der Waals surface area contributed by atoms with Crippen LogP contribution in [0.2, 0.25) is 0 Å². The quantitative estimate of drug-likeness (QED) is 0.287. The largest absolute Gasteiger partial charge is 0.497 e. The van der Waals surface area contributed by atoms with Gasteiger partial charge in [0.25, 0.3) is 0 Å². The zero-order valence-corrected chi connectivity index (χ0v) is 16.8. The molecule has 0 saturated heterocycles. The molecule has 154 valence electrons. The summed E-state index contributed by atoms with van der Waals surface area (Å²) in [4.78, 5) is 13.7. The van der Waals surface area contributed by atoms with Crippen molar-refractivity contribution in [3.63, 3.8) is 0 Å². The van der Waals surface area contributed by atoms with Gasteiger partial charge in [-0.3, -0.25) is 4.90 Å². The van der Waals surface area contributed by atoms with E-state index >= 15 is 0 Å². The van der Waals surface area contributed by atoms with Gasteiger partial charge in [-0.15, -0.1) is 0 Å². The fraction of sp³-hybridized carbons (Fsp3) is 0.429. The Morgan fingerprint density at radius 2 is 1.86 bits per heavy atom. The third-order valence-electron chi connectivity index (χ3n) is 5.38. The van der Waals surface area contributed by atoms with Crippen molar-refractivity contribution in [2.24, 2.45) is 21.4 Å². The van der Waals surface area contributed by atoms with E-state index in [9.17, 15) is 4.91 Å². The van der Waals surface area contributed by atoms with Gasteiger partial charge in [0.05, 0.1) is 20.8 Å². The fourth-order valence-electron chi connectivity index (χ4n) is 3.87. The molecule has 0 heterocycles. The SMILES string of the molecule is COc1ccc(CN(C[C@@H](CN=NN)N=O)C2Cc3ccccc3C2)c(OC)c1. The van der Waals surface area contributed by atoms with Crippen molar-refractivity contribution >= 4 is 0 Å². The minimum Gasteiger partial charge on any atom is -0.497 e. The second kappa shape index (κ2) is 9.97. The van der Waals surface area contributed by atoms with Crippen molar-refractivity contribution in [2.45, 2.75) is 31.5 Å². The molecule has 0 amide bonds. The Morgan fingerprint density at radius 1 is 1.14 bits per heavy atom. The highest BCUT2D eigenvalue weighted by molar-refractivity contribution is 5.41. The number of hydrogen-bond acceptors (Lipinski definition) is 7. The third-order valence-corrected chi connectivity index (χ3v) is 5.38. The predicted octanol–water partition coefficient (Wildman–Crippen LogP) is 3.13. The summed E-state index contributed by atoms with van der Waals surface area (Å²) in [6.07, 6.45) is 1.86. The van der Waals surface area contributed by atoms with Crippen molar-refractivity contribution in [3.05, 3.63) is 64.1 Å². The Balaban J connectivity index is 1.84. The van der Waals surface area contributed by atoms with Gasteiger partial charge in [0, 0.05) is 30.8 Å². The van der Waals surface area contributed by atoms with Gasteiger partial charge in [-0.05, 0) is 30.0 Å². The van der Waals surface area contributed by atoms with Crippen LogP contribution < -0.4 is 15.3 Å². The molecule has 0 saturated carbocycles. The first-order valence-electron chi connectivity index (χ1n) is 9.59. The molecule has 2 aromatic carbocycles. The topological polar surface area (TPSA) is 102 Å². The average Bonchev–Trinajstić information content (AvgIpc) is 3.20. The van der Waals surface area contributed by atoms with Crippen molar-refractivity contribution in [1.82, 2.24) is 4.90 Å². The second-order valence-corrected chi connectivity index (χ2v) is 7.14. The Labute approximate surface area is 170 Å². The Hall–Kier alpha value is -3.00. The van der Waals surface area contributed by atoms with Crippen LogP contribution in [0.4, 0.5) is 0 Å². The molecule has 2 N–H and O–H groups in total. The highest BCUT2D eigenvalue weighted by Gasteiger charge is 2.29. The first kappa shape index (κ1) is 20.7. The molecule has 1 aliphatic carbocycles. The van der Waals surface area contributed by atoms with Crippen molar-refractivity contribution in [2.75, 3.05) is 27.3 Å². The predicted molar refractivity (Wildman–Crippen MR) is 111 cm³/mol. The summed E-state index contributed by atoms with van der Waals surface area (Å²) in [7, 11) is 3.27. The summed E-state index contributed by atoms with van der Waals surface area (Å²) in [5, 5.41) is 10.3. The lowest BCUT2D eigenvalue weighted by Crippen LogP contribution is -2.41. The van der Waals surface area contributed by atoms with Gasteiger partial charge in [-0.1, -0.05) is 40.7 Å². The van der Waals surface area contributed by atoms with Gasteiger partial charge in [0.1, 0.15) is 17.5 Å². The minimum atomic E-state index is -0.518. The summed E-state index contributed by atoms with van der Waals surface area (Å²) in [5.74, 6) is 6.59. The molecular formula is C21H27N5O3.